The fourth-order valence-corrected chi connectivity index (χ4v) is 3.32. The summed E-state index contributed by atoms with van der Waals surface area (Å²) >= 11 is 1.09. The van der Waals surface area contributed by atoms with E-state index in [-0.39, 0.29) is 11.7 Å². The van der Waals surface area contributed by atoms with Crippen LogP contribution in [0.2, 0.25) is 0 Å². The van der Waals surface area contributed by atoms with Crippen LogP contribution in [0.25, 0.3) is 10.7 Å². The van der Waals surface area contributed by atoms with Gasteiger partial charge in [0.1, 0.15) is 5.69 Å². The predicted octanol–water partition coefficient (Wildman–Crippen LogP) is 2.30. The molecule has 0 radical (unpaired) electrons. The normalized spacial score (nSPS) is 21.6. The Labute approximate surface area is 132 Å². The van der Waals surface area contributed by atoms with Gasteiger partial charge in [-0.3, -0.25) is 9.78 Å². The Kier molecular flexibility index (Phi) is 3.92. The summed E-state index contributed by atoms with van der Waals surface area (Å²) in [5, 5.41) is 17.6. The molecule has 0 aromatic carbocycles. The van der Waals surface area contributed by atoms with Gasteiger partial charge < -0.3 is 10.0 Å². The largest absolute Gasteiger partial charge is 0.481 e. The van der Waals surface area contributed by atoms with Crippen molar-refractivity contribution in [3.05, 3.63) is 24.4 Å². The van der Waals surface area contributed by atoms with Gasteiger partial charge in [0.05, 0.1) is 11.8 Å². The summed E-state index contributed by atoms with van der Waals surface area (Å²) < 4.78 is 39.0. The van der Waals surface area contributed by atoms with E-state index in [0.717, 1.165) is 11.3 Å². The van der Waals surface area contributed by atoms with Gasteiger partial charge in [-0.1, -0.05) is 17.4 Å². The predicted molar refractivity (Wildman–Crippen MR) is 76.0 cm³/mol. The number of alkyl halides is 3. The first kappa shape index (κ1) is 15.7. The minimum Gasteiger partial charge on any atom is -0.481 e. The summed E-state index contributed by atoms with van der Waals surface area (Å²) in [6, 6.07) is 5.21. The van der Waals surface area contributed by atoms with Crippen LogP contribution in [-0.2, 0) is 4.79 Å². The van der Waals surface area contributed by atoms with Crippen molar-refractivity contribution in [2.75, 3.05) is 18.0 Å². The minimum absolute atomic E-state index is 0.240. The lowest BCUT2D eigenvalue weighted by Gasteiger charge is -2.17. The summed E-state index contributed by atoms with van der Waals surface area (Å²) in [6.07, 6.45) is -2.99. The molecule has 0 unspecified atom stereocenters. The van der Waals surface area contributed by atoms with Gasteiger partial charge in [0, 0.05) is 19.3 Å². The molecule has 1 aliphatic rings. The summed E-state index contributed by atoms with van der Waals surface area (Å²) in [5.74, 6) is -4.87. The molecule has 0 amide bonds. The lowest BCUT2D eigenvalue weighted by atomic mass is 9.96. The van der Waals surface area contributed by atoms with Crippen LogP contribution in [0.4, 0.5) is 18.3 Å². The van der Waals surface area contributed by atoms with Gasteiger partial charge in [-0.05, 0) is 12.1 Å². The van der Waals surface area contributed by atoms with Gasteiger partial charge in [0.25, 0.3) is 0 Å². The Balaban J connectivity index is 1.83. The monoisotopic (exact) mass is 344 g/mol. The summed E-state index contributed by atoms with van der Waals surface area (Å²) in [7, 11) is 0. The number of pyridine rings is 1. The number of nitrogens with zero attached hydrogens (tertiary/aromatic N) is 4. The molecule has 1 N–H and O–H groups in total. The number of aliphatic carboxylic acids is 1. The Hall–Kier alpha value is -2.23. The molecule has 0 aliphatic carbocycles. The van der Waals surface area contributed by atoms with Crippen LogP contribution in [0, 0.1) is 11.8 Å². The van der Waals surface area contributed by atoms with Gasteiger partial charge in [-0.15, -0.1) is 10.2 Å². The molecular formula is C13H11F3N4O2S. The first-order valence-electron chi connectivity index (χ1n) is 6.65. The lowest BCUT2D eigenvalue weighted by Crippen LogP contribution is -2.33. The number of rotatable bonds is 3. The van der Waals surface area contributed by atoms with Crippen LogP contribution >= 0.6 is 11.3 Å². The van der Waals surface area contributed by atoms with E-state index in [0.29, 0.717) is 10.7 Å². The molecular weight excluding hydrogens is 333 g/mol. The van der Waals surface area contributed by atoms with Crippen LogP contribution in [-0.4, -0.2) is 45.5 Å². The Morgan fingerprint density at radius 3 is 2.65 bits per heavy atom. The molecule has 2 aromatic heterocycles. The zero-order valence-electron chi connectivity index (χ0n) is 11.6. The van der Waals surface area contributed by atoms with Crippen molar-refractivity contribution in [2.45, 2.75) is 6.18 Å². The van der Waals surface area contributed by atoms with Crippen molar-refractivity contribution in [1.82, 2.24) is 15.2 Å². The van der Waals surface area contributed by atoms with E-state index in [9.17, 15) is 18.0 Å². The third-order valence-electron chi connectivity index (χ3n) is 3.63. The molecule has 0 spiro atoms. The second kappa shape index (κ2) is 5.76. The highest BCUT2D eigenvalue weighted by molar-refractivity contribution is 7.18. The van der Waals surface area contributed by atoms with E-state index in [1.165, 1.54) is 4.90 Å². The van der Waals surface area contributed by atoms with Crippen molar-refractivity contribution in [1.29, 1.82) is 0 Å². The van der Waals surface area contributed by atoms with E-state index in [4.69, 9.17) is 5.11 Å². The molecule has 10 heteroatoms. The molecule has 1 fully saturated rings. The highest BCUT2D eigenvalue weighted by Gasteiger charge is 2.53. The van der Waals surface area contributed by atoms with Crippen LogP contribution in [0.3, 0.4) is 0 Å². The minimum atomic E-state index is -4.56. The summed E-state index contributed by atoms with van der Waals surface area (Å²) in [5.41, 5.74) is 0.567. The molecule has 3 rings (SSSR count). The Morgan fingerprint density at radius 1 is 1.30 bits per heavy atom. The maximum absolute atomic E-state index is 13.0. The Morgan fingerprint density at radius 2 is 2.09 bits per heavy atom. The standard InChI is InChI=1S/C13H11F3N4O2S/c14-13(15,16)8-6-20(5-7(8)11(21)22)12-19-18-10(23-12)9-3-1-2-4-17-9/h1-4,7-8H,5-6H2,(H,21,22)/t7-,8-/m1/s1. The van der Waals surface area contributed by atoms with Gasteiger partial charge in [0.2, 0.25) is 5.13 Å². The first-order chi connectivity index (χ1) is 10.9. The fraction of sp³-hybridized carbons (Fsp3) is 0.385. The fourth-order valence-electron chi connectivity index (χ4n) is 2.48. The molecule has 3 heterocycles. The van der Waals surface area contributed by atoms with E-state index in [1.807, 2.05) is 0 Å². The average molecular weight is 344 g/mol. The van der Waals surface area contributed by atoms with Crippen LogP contribution in [0.15, 0.2) is 24.4 Å². The van der Waals surface area contributed by atoms with Crippen molar-refractivity contribution < 1.29 is 23.1 Å². The summed E-state index contributed by atoms with van der Waals surface area (Å²) in [4.78, 5) is 16.5. The number of carbonyl (C=O) groups is 1. The van der Waals surface area contributed by atoms with Crippen molar-refractivity contribution in [3.63, 3.8) is 0 Å². The number of halogens is 3. The van der Waals surface area contributed by atoms with Crippen LogP contribution in [0.5, 0.6) is 0 Å². The summed E-state index contributed by atoms with van der Waals surface area (Å²) in [6.45, 7) is -0.673. The molecule has 23 heavy (non-hydrogen) atoms. The van der Waals surface area contributed by atoms with Gasteiger partial charge >= 0.3 is 12.1 Å². The number of hydrogen-bond donors (Lipinski definition) is 1. The van der Waals surface area contributed by atoms with Crippen LogP contribution < -0.4 is 4.90 Å². The number of aromatic nitrogens is 3. The molecule has 6 nitrogen and oxygen atoms in total. The van der Waals surface area contributed by atoms with Gasteiger partial charge in [-0.2, -0.15) is 13.2 Å². The maximum atomic E-state index is 13.0. The second-order valence-electron chi connectivity index (χ2n) is 5.10. The Bertz CT molecular complexity index is 707. The van der Waals surface area contributed by atoms with Crippen LogP contribution in [0.1, 0.15) is 0 Å². The van der Waals surface area contributed by atoms with Crippen molar-refractivity contribution in [2.24, 2.45) is 11.8 Å². The van der Waals surface area contributed by atoms with E-state index in [1.54, 1.807) is 24.4 Å². The SMILES string of the molecule is O=C(O)[C@@H]1CN(c2nnc(-c3ccccn3)s2)C[C@H]1C(F)(F)F. The highest BCUT2D eigenvalue weighted by Crippen LogP contribution is 2.40. The van der Waals surface area contributed by atoms with Crippen molar-refractivity contribution in [3.8, 4) is 10.7 Å². The molecule has 1 saturated heterocycles. The molecule has 0 saturated carbocycles. The lowest BCUT2D eigenvalue weighted by molar-refractivity contribution is -0.187. The molecule has 1 aliphatic heterocycles. The highest BCUT2D eigenvalue weighted by atomic mass is 32.1. The molecule has 0 bridgehead atoms. The third-order valence-corrected chi connectivity index (χ3v) is 4.63. The van der Waals surface area contributed by atoms with E-state index >= 15 is 0 Å². The third kappa shape index (κ3) is 3.11. The van der Waals surface area contributed by atoms with E-state index < -0.39 is 30.5 Å². The molecule has 2 aromatic rings. The van der Waals surface area contributed by atoms with E-state index in [2.05, 4.69) is 15.2 Å². The average Bonchev–Trinajstić information content (AvgIpc) is 3.14. The van der Waals surface area contributed by atoms with Gasteiger partial charge in [0.15, 0.2) is 5.01 Å². The molecule has 2 atom stereocenters. The number of carboxylic acid groups (broad SMARTS) is 1. The first-order valence-corrected chi connectivity index (χ1v) is 7.47. The van der Waals surface area contributed by atoms with Crippen molar-refractivity contribution >= 4 is 22.4 Å². The number of carboxylic acids is 1. The topological polar surface area (TPSA) is 79.2 Å². The zero-order valence-corrected chi connectivity index (χ0v) is 12.4. The maximum Gasteiger partial charge on any atom is 0.394 e. The second-order valence-corrected chi connectivity index (χ2v) is 6.06. The number of hydrogen-bond acceptors (Lipinski definition) is 6. The smallest absolute Gasteiger partial charge is 0.394 e. The molecule has 122 valence electrons. The number of anilines is 1. The van der Waals surface area contributed by atoms with Gasteiger partial charge in [-0.25, -0.2) is 0 Å². The quantitative estimate of drug-likeness (QED) is 0.920. The zero-order chi connectivity index (χ0) is 16.6.